The second kappa shape index (κ2) is 21.2. The van der Waals surface area contributed by atoms with Gasteiger partial charge >= 0.3 is 12.0 Å². The van der Waals surface area contributed by atoms with Crippen LogP contribution < -0.4 is 10.7 Å². The molecule has 69 heavy (non-hydrogen) atoms. The summed E-state index contributed by atoms with van der Waals surface area (Å²) < 4.78 is 13.8. The van der Waals surface area contributed by atoms with Gasteiger partial charge in [0.15, 0.2) is 0 Å². The van der Waals surface area contributed by atoms with Gasteiger partial charge in [0.1, 0.15) is 17.8 Å². The van der Waals surface area contributed by atoms with E-state index < -0.39 is 53.0 Å². The van der Waals surface area contributed by atoms with Crippen LogP contribution in [0, 0.1) is 11.3 Å². The van der Waals surface area contributed by atoms with Crippen LogP contribution in [0.4, 0.5) is 4.79 Å². The Morgan fingerprint density at radius 2 is 1.74 bits per heavy atom. The van der Waals surface area contributed by atoms with Crippen molar-refractivity contribution in [3.63, 3.8) is 0 Å². The Balaban J connectivity index is 1.30. The SMILES string of the molecule is C=CC(=O)N1CCCN(C(=O)N(C)[C@H](C(=O)N[C@H]2Cc3cc(O)cc(c3)-c3ccc4c(c3)c(c(-c3ccccc3CCOC)n4CC)CC(C)(C)COC(=O)[C@@]3(O)CCCN(N3)C2=O)C(C)C)CC1. The molecule has 4 heterocycles. The molecular weight excluding hydrogens is 879 g/mol. The van der Waals surface area contributed by atoms with Crippen LogP contribution in [-0.2, 0) is 54.5 Å². The Kier molecular flexibility index (Phi) is 15.5. The highest BCUT2D eigenvalue weighted by Gasteiger charge is 2.45. The number of benzene rings is 3. The minimum absolute atomic E-state index is 0.0313. The number of amides is 5. The number of aromatic hydroxyl groups is 1. The van der Waals surface area contributed by atoms with Crippen molar-refractivity contribution in [2.75, 3.05) is 60.1 Å². The number of hydrogen-bond donors (Lipinski definition) is 4. The van der Waals surface area contributed by atoms with Gasteiger partial charge in [0, 0.05) is 88.1 Å². The zero-order valence-electron chi connectivity index (χ0n) is 41.2. The summed E-state index contributed by atoms with van der Waals surface area (Å²) in [5, 5.41) is 28.4. The summed E-state index contributed by atoms with van der Waals surface area (Å²) in [4.78, 5) is 74.5. The zero-order valence-corrected chi connectivity index (χ0v) is 41.2. The van der Waals surface area contributed by atoms with Crippen LogP contribution in [0.25, 0.3) is 33.3 Å². The number of phenolic OH excluding ortho intramolecular Hbond substituents is 1. The lowest BCUT2D eigenvalue weighted by Crippen LogP contribution is -2.67. The van der Waals surface area contributed by atoms with Crippen LogP contribution in [0.3, 0.4) is 0 Å². The maximum absolute atomic E-state index is 14.8. The van der Waals surface area contributed by atoms with Crippen molar-refractivity contribution in [3.8, 4) is 28.1 Å². The lowest BCUT2D eigenvalue weighted by atomic mass is 9.83. The molecule has 16 heteroatoms. The maximum atomic E-state index is 14.8. The molecule has 0 radical (unpaired) electrons. The summed E-state index contributed by atoms with van der Waals surface area (Å²) in [7, 11) is 3.24. The van der Waals surface area contributed by atoms with E-state index >= 15 is 0 Å². The van der Waals surface area contributed by atoms with Crippen molar-refractivity contribution in [1.82, 2.24) is 35.0 Å². The molecule has 3 atom stereocenters. The minimum atomic E-state index is -2.26. The summed E-state index contributed by atoms with van der Waals surface area (Å²) in [6, 6.07) is 17.0. The monoisotopic (exact) mass is 948 g/mol. The number of aromatic nitrogens is 1. The molecule has 6 bridgehead atoms. The number of nitrogens with zero attached hydrogens (tertiary/aromatic N) is 5. The van der Waals surface area contributed by atoms with Crippen molar-refractivity contribution in [1.29, 1.82) is 0 Å². The third kappa shape index (κ3) is 11.0. The molecule has 2 fully saturated rings. The molecule has 0 spiro atoms. The molecule has 0 aliphatic carbocycles. The topological polar surface area (TPSA) is 186 Å². The number of carbonyl (C=O) groups is 5. The van der Waals surface area contributed by atoms with E-state index in [1.807, 2.05) is 52.0 Å². The van der Waals surface area contributed by atoms with E-state index in [1.54, 1.807) is 36.1 Å². The Morgan fingerprint density at radius 1 is 1.00 bits per heavy atom. The third-order valence-electron chi connectivity index (χ3n) is 13.7. The normalized spacial score (nSPS) is 20.5. The van der Waals surface area contributed by atoms with Crippen LogP contribution >= 0.6 is 0 Å². The third-order valence-corrected chi connectivity index (χ3v) is 13.7. The van der Waals surface area contributed by atoms with Crippen LogP contribution in [0.2, 0.25) is 0 Å². The first kappa shape index (κ1) is 50.6. The number of carbonyl (C=O) groups excluding carboxylic acids is 5. The van der Waals surface area contributed by atoms with Gasteiger partial charge in [-0.2, -0.15) is 5.43 Å². The van der Waals surface area contributed by atoms with Crippen LogP contribution in [-0.4, -0.2) is 142 Å². The van der Waals surface area contributed by atoms with E-state index in [0.717, 1.165) is 43.9 Å². The summed E-state index contributed by atoms with van der Waals surface area (Å²) in [5.74, 6) is -2.81. The van der Waals surface area contributed by atoms with Crippen molar-refractivity contribution >= 4 is 40.6 Å². The Morgan fingerprint density at radius 3 is 2.46 bits per heavy atom. The number of hydrazine groups is 1. The van der Waals surface area contributed by atoms with Crippen molar-refractivity contribution in [2.45, 2.75) is 97.5 Å². The highest BCUT2D eigenvalue weighted by Crippen LogP contribution is 2.42. The summed E-state index contributed by atoms with van der Waals surface area (Å²) in [6.45, 7) is 16.1. The van der Waals surface area contributed by atoms with Crippen molar-refractivity contribution in [3.05, 3.63) is 90.0 Å². The smallest absolute Gasteiger partial charge is 0.355 e. The second-order valence-electron chi connectivity index (χ2n) is 19.8. The molecule has 370 valence electrons. The molecule has 4 aromatic rings. The highest BCUT2D eigenvalue weighted by atomic mass is 16.6. The van der Waals surface area contributed by atoms with Crippen LogP contribution in [0.5, 0.6) is 5.75 Å². The lowest BCUT2D eigenvalue weighted by Gasteiger charge is -2.40. The molecule has 3 aliphatic rings. The standard InChI is InChI=1S/C53H69N7O9/c1-9-45(62)57-21-14-22-58(25-24-57)51(66)56(7)46(34(3)4)48(63)54-43-29-35-27-38(30-39(61)28-35)37-17-18-44-41(31-37)42(47(59(44)10-2)40-16-12-11-15-36(40)19-26-68-8)32-52(5,6)33-69-50(65)53(67)20-13-23-60(55-53)49(43)64/h9,11-12,15-18,27-28,30-31,34,43,46,55,61,67H,1,10,13-14,19-26,29,32-33H2,2-8H3,(H,54,63)/t43-,46-,53-/m0/s1. The number of nitrogens with one attached hydrogen (secondary N) is 2. The second-order valence-corrected chi connectivity index (χ2v) is 19.8. The van der Waals surface area contributed by atoms with Gasteiger partial charge in [-0.15, -0.1) is 0 Å². The predicted octanol–water partition coefficient (Wildman–Crippen LogP) is 5.65. The fourth-order valence-corrected chi connectivity index (χ4v) is 10.2. The molecule has 16 nitrogen and oxygen atoms in total. The number of esters is 1. The molecule has 7 rings (SSSR count). The van der Waals surface area contributed by atoms with E-state index in [4.69, 9.17) is 9.47 Å². The Hall–Kier alpha value is -6.23. The van der Waals surface area contributed by atoms with Crippen LogP contribution in [0.1, 0.15) is 70.6 Å². The van der Waals surface area contributed by atoms with Gasteiger partial charge in [-0.05, 0) is 96.7 Å². The Bertz CT molecular complexity index is 2590. The van der Waals surface area contributed by atoms with Crippen molar-refractivity contribution in [2.24, 2.45) is 11.3 Å². The quantitative estimate of drug-likeness (QED) is 0.114. The minimum Gasteiger partial charge on any atom is -0.508 e. The van der Waals surface area contributed by atoms with Crippen molar-refractivity contribution < 1.29 is 43.7 Å². The molecule has 0 saturated carbocycles. The number of likely N-dealkylation sites (N-methyl/N-ethyl adjacent to an activating group) is 1. The molecule has 4 N–H and O–H groups in total. The van der Waals surface area contributed by atoms with Gasteiger partial charge in [0.25, 0.3) is 5.91 Å². The lowest BCUT2D eigenvalue weighted by molar-refractivity contribution is -0.189. The number of methoxy groups -OCH3 is 1. The number of aryl methyl sites for hydroxylation is 1. The van der Waals surface area contributed by atoms with Gasteiger partial charge < -0.3 is 44.3 Å². The first-order chi connectivity index (χ1) is 32.9. The number of urea groups is 1. The fraction of sp³-hybridized carbons (Fsp3) is 0.491. The number of cyclic esters (lactones) is 1. The first-order valence-electron chi connectivity index (χ1n) is 24.2. The average Bonchev–Trinajstić information content (AvgIpc) is 3.42. The molecule has 2 saturated heterocycles. The van der Waals surface area contributed by atoms with E-state index in [0.29, 0.717) is 63.2 Å². The fourth-order valence-electron chi connectivity index (χ4n) is 10.2. The predicted molar refractivity (Wildman–Crippen MR) is 264 cm³/mol. The summed E-state index contributed by atoms with van der Waals surface area (Å²) in [5.41, 5.74) is 7.23. The highest BCUT2D eigenvalue weighted by molar-refractivity contribution is 5.96. The molecule has 3 aliphatic heterocycles. The molecule has 5 amide bonds. The Labute approximate surface area is 405 Å². The van der Waals surface area contributed by atoms with Gasteiger partial charge in [-0.1, -0.05) is 70.7 Å². The molecular formula is C53H69N7O9. The van der Waals surface area contributed by atoms with Gasteiger partial charge in [0.05, 0.1) is 18.9 Å². The number of ether oxygens (including phenoxy) is 2. The molecule has 3 aromatic carbocycles. The number of hydrogen-bond acceptors (Lipinski definition) is 10. The van der Waals surface area contributed by atoms with Crippen LogP contribution in [0.15, 0.2) is 73.3 Å². The maximum Gasteiger partial charge on any atom is 0.355 e. The number of phenols is 1. The summed E-state index contributed by atoms with van der Waals surface area (Å²) >= 11 is 0. The average molecular weight is 948 g/mol. The number of rotatable bonds is 10. The number of fused-ring (bicyclic) bond motifs is 6. The van der Waals surface area contributed by atoms with E-state index in [1.165, 1.54) is 11.0 Å². The zero-order chi connectivity index (χ0) is 49.8. The molecule has 1 aromatic heterocycles. The molecule has 0 unspecified atom stereocenters. The summed E-state index contributed by atoms with van der Waals surface area (Å²) in [6.07, 6.45) is 3.12. The first-order valence-corrected chi connectivity index (χ1v) is 24.2. The van der Waals surface area contributed by atoms with Gasteiger partial charge in [-0.25, -0.2) is 9.59 Å². The van der Waals surface area contributed by atoms with Gasteiger partial charge in [-0.3, -0.25) is 19.4 Å². The van der Waals surface area contributed by atoms with Gasteiger partial charge in [0.2, 0.25) is 17.5 Å². The van der Waals surface area contributed by atoms with E-state index in [2.05, 4.69) is 53.1 Å². The van der Waals surface area contributed by atoms with E-state index in [-0.39, 0.29) is 50.6 Å². The van der Waals surface area contributed by atoms with E-state index in [9.17, 15) is 34.2 Å². The number of aliphatic hydroxyl groups is 1. The largest absolute Gasteiger partial charge is 0.508 e.